The smallest absolute Gasteiger partial charge is 0.259 e. The molecular formula is C18H18FN5O2. The predicted molar refractivity (Wildman–Crippen MR) is 94.2 cm³/mol. The number of benzene rings is 1. The molecule has 0 unspecified atom stereocenters. The van der Waals surface area contributed by atoms with Crippen LogP contribution in [0, 0.1) is 12.7 Å². The Hall–Kier alpha value is -3.29. The quantitative estimate of drug-likeness (QED) is 0.761. The largest absolute Gasteiger partial charge is 0.480 e. The molecule has 8 heteroatoms. The molecule has 1 N–H and O–H groups in total. The van der Waals surface area contributed by atoms with Crippen molar-refractivity contribution in [3.8, 4) is 11.7 Å². The standard InChI is InChI=1S/C18H18FN5O2/c1-4-15-13(18(25)21-12-6-5-11(2)14(19)9-12)10-20-24(15)16-7-8-17(26-3)23-22-16/h5-10H,4H2,1-3H3,(H,21,25). The van der Waals surface area contributed by atoms with Gasteiger partial charge >= 0.3 is 0 Å². The highest BCUT2D eigenvalue weighted by atomic mass is 19.1. The second-order valence-corrected chi connectivity index (χ2v) is 5.62. The van der Waals surface area contributed by atoms with Gasteiger partial charge in [-0.15, -0.1) is 10.2 Å². The lowest BCUT2D eigenvalue weighted by molar-refractivity contribution is 0.102. The summed E-state index contributed by atoms with van der Waals surface area (Å²) in [7, 11) is 1.51. The first-order valence-electron chi connectivity index (χ1n) is 8.06. The van der Waals surface area contributed by atoms with Gasteiger partial charge in [-0.2, -0.15) is 5.10 Å². The number of hydrogen-bond acceptors (Lipinski definition) is 5. The summed E-state index contributed by atoms with van der Waals surface area (Å²) in [5, 5.41) is 14.9. The number of carbonyl (C=O) groups is 1. The van der Waals surface area contributed by atoms with Crippen LogP contribution < -0.4 is 10.1 Å². The lowest BCUT2D eigenvalue weighted by Crippen LogP contribution is -2.15. The fourth-order valence-corrected chi connectivity index (χ4v) is 2.50. The molecule has 1 aromatic carbocycles. The zero-order valence-corrected chi connectivity index (χ0v) is 14.7. The molecule has 134 valence electrons. The second-order valence-electron chi connectivity index (χ2n) is 5.62. The second kappa shape index (κ2) is 7.30. The van der Waals surface area contributed by atoms with E-state index < -0.39 is 0 Å². The highest BCUT2D eigenvalue weighted by Crippen LogP contribution is 2.18. The first-order valence-corrected chi connectivity index (χ1v) is 8.06. The Kier molecular flexibility index (Phi) is 4.92. The maximum Gasteiger partial charge on any atom is 0.259 e. The van der Waals surface area contributed by atoms with Gasteiger partial charge in [0.1, 0.15) is 5.82 Å². The Morgan fingerprint density at radius 1 is 1.27 bits per heavy atom. The SMILES string of the molecule is CCc1c(C(=O)Nc2ccc(C)c(F)c2)cnn1-c1ccc(OC)nn1. The minimum atomic E-state index is -0.372. The third kappa shape index (κ3) is 3.39. The van der Waals surface area contributed by atoms with Gasteiger partial charge in [0.05, 0.1) is 24.6 Å². The number of rotatable bonds is 5. The van der Waals surface area contributed by atoms with Crippen LogP contribution in [-0.4, -0.2) is 33.0 Å². The number of amides is 1. The van der Waals surface area contributed by atoms with Crippen molar-refractivity contribution < 1.29 is 13.9 Å². The Morgan fingerprint density at radius 3 is 2.69 bits per heavy atom. The number of hydrogen-bond donors (Lipinski definition) is 1. The van der Waals surface area contributed by atoms with Gasteiger partial charge in [-0.1, -0.05) is 13.0 Å². The average molecular weight is 355 g/mol. The summed E-state index contributed by atoms with van der Waals surface area (Å²) < 4.78 is 20.2. The summed E-state index contributed by atoms with van der Waals surface area (Å²) >= 11 is 0. The molecule has 0 atom stereocenters. The summed E-state index contributed by atoms with van der Waals surface area (Å²) in [5.74, 6) is 0.127. The number of nitrogens with one attached hydrogen (secondary N) is 1. The molecule has 0 aliphatic carbocycles. The van der Waals surface area contributed by atoms with Crippen molar-refractivity contribution in [2.45, 2.75) is 20.3 Å². The van der Waals surface area contributed by atoms with Crippen LogP contribution in [0.2, 0.25) is 0 Å². The van der Waals surface area contributed by atoms with E-state index in [1.807, 2.05) is 6.92 Å². The third-order valence-corrected chi connectivity index (χ3v) is 3.93. The van der Waals surface area contributed by atoms with Crippen molar-refractivity contribution in [1.29, 1.82) is 0 Å². The van der Waals surface area contributed by atoms with Crippen molar-refractivity contribution >= 4 is 11.6 Å². The van der Waals surface area contributed by atoms with Crippen LogP contribution in [0.15, 0.2) is 36.5 Å². The van der Waals surface area contributed by atoms with Crippen LogP contribution in [0.3, 0.4) is 0 Å². The number of carbonyl (C=O) groups excluding carboxylic acids is 1. The van der Waals surface area contributed by atoms with Gasteiger partial charge in [0, 0.05) is 11.8 Å². The molecular weight excluding hydrogens is 337 g/mol. The van der Waals surface area contributed by atoms with Gasteiger partial charge < -0.3 is 10.1 Å². The monoisotopic (exact) mass is 355 g/mol. The van der Waals surface area contributed by atoms with Crippen molar-refractivity contribution in [3.05, 3.63) is 59.2 Å². The molecule has 0 spiro atoms. The normalized spacial score (nSPS) is 10.6. The summed E-state index contributed by atoms with van der Waals surface area (Å²) in [6.45, 7) is 3.57. The van der Waals surface area contributed by atoms with E-state index in [2.05, 4.69) is 20.6 Å². The molecule has 0 radical (unpaired) electrons. The molecule has 2 heterocycles. The van der Waals surface area contributed by atoms with Crippen LogP contribution in [-0.2, 0) is 6.42 Å². The number of nitrogens with zero attached hydrogens (tertiary/aromatic N) is 4. The van der Waals surface area contributed by atoms with Crippen LogP contribution in [0.5, 0.6) is 5.88 Å². The van der Waals surface area contributed by atoms with E-state index in [9.17, 15) is 9.18 Å². The van der Waals surface area contributed by atoms with Crippen LogP contribution in [0.1, 0.15) is 28.5 Å². The van der Waals surface area contributed by atoms with Crippen LogP contribution in [0.4, 0.5) is 10.1 Å². The first-order chi connectivity index (χ1) is 12.5. The van der Waals surface area contributed by atoms with E-state index in [4.69, 9.17) is 4.74 Å². The highest BCUT2D eigenvalue weighted by Gasteiger charge is 2.18. The molecule has 0 aliphatic heterocycles. The Labute approximate surface area is 149 Å². The zero-order chi connectivity index (χ0) is 18.7. The maximum absolute atomic E-state index is 13.7. The fraction of sp³-hybridized carbons (Fsp3) is 0.222. The summed E-state index contributed by atoms with van der Waals surface area (Å²) in [5.41, 5.74) is 1.97. The average Bonchev–Trinajstić information content (AvgIpc) is 3.09. The summed E-state index contributed by atoms with van der Waals surface area (Å²) in [6, 6.07) is 7.93. The number of aryl methyl sites for hydroxylation is 1. The van der Waals surface area contributed by atoms with Gasteiger partial charge in [0.2, 0.25) is 5.88 Å². The predicted octanol–water partition coefficient (Wildman–Crippen LogP) is 2.93. The number of anilines is 1. The number of ether oxygens (including phenoxy) is 1. The third-order valence-electron chi connectivity index (χ3n) is 3.93. The fourth-order valence-electron chi connectivity index (χ4n) is 2.50. The maximum atomic E-state index is 13.7. The van der Waals surface area contributed by atoms with Crippen molar-refractivity contribution in [1.82, 2.24) is 20.0 Å². The number of halogens is 1. The topological polar surface area (TPSA) is 81.9 Å². The van der Waals surface area contributed by atoms with E-state index in [1.165, 1.54) is 19.4 Å². The van der Waals surface area contributed by atoms with Crippen LogP contribution in [0.25, 0.3) is 5.82 Å². The lowest BCUT2D eigenvalue weighted by atomic mass is 10.1. The molecule has 0 fully saturated rings. The van der Waals surface area contributed by atoms with Crippen molar-refractivity contribution in [2.24, 2.45) is 0 Å². The number of aromatic nitrogens is 4. The molecule has 0 aliphatic rings. The van der Waals surface area contributed by atoms with Crippen molar-refractivity contribution in [2.75, 3.05) is 12.4 Å². The van der Waals surface area contributed by atoms with E-state index in [1.54, 1.807) is 35.9 Å². The molecule has 0 saturated heterocycles. The van der Waals surface area contributed by atoms with Gasteiger partial charge in [-0.3, -0.25) is 4.79 Å². The molecule has 0 bridgehead atoms. The molecule has 3 aromatic rings. The Morgan fingerprint density at radius 2 is 2.08 bits per heavy atom. The summed E-state index contributed by atoms with van der Waals surface area (Å²) in [4.78, 5) is 12.6. The first kappa shape index (κ1) is 17.5. The minimum absolute atomic E-state index is 0.363. The molecule has 26 heavy (non-hydrogen) atoms. The highest BCUT2D eigenvalue weighted by molar-refractivity contribution is 6.05. The molecule has 0 saturated carbocycles. The van der Waals surface area contributed by atoms with E-state index in [0.29, 0.717) is 40.6 Å². The Balaban J connectivity index is 1.88. The minimum Gasteiger partial charge on any atom is -0.480 e. The zero-order valence-electron chi connectivity index (χ0n) is 14.7. The molecule has 3 rings (SSSR count). The molecule has 7 nitrogen and oxygen atoms in total. The van der Waals surface area contributed by atoms with Gasteiger partial charge in [0.15, 0.2) is 5.82 Å². The van der Waals surface area contributed by atoms with Crippen LogP contribution >= 0.6 is 0 Å². The molecule has 1 amide bonds. The summed E-state index contributed by atoms with van der Waals surface area (Å²) in [6.07, 6.45) is 2.02. The van der Waals surface area contributed by atoms with Gasteiger partial charge in [-0.05, 0) is 37.1 Å². The van der Waals surface area contributed by atoms with E-state index in [0.717, 1.165) is 0 Å². The molecule has 2 aromatic heterocycles. The van der Waals surface area contributed by atoms with Gasteiger partial charge in [-0.25, -0.2) is 9.07 Å². The van der Waals surface area contributed by atoms with E-state index in [-0.39, 0.29) is 11.7 Å². The van der Waals surface area contributed by atoms with E-state index >= 15 is 0 Å². The number of methoxy groups -OCH3 is 1. The van der Waals surface area contributed by atoms with Gasteiger partial charge in [0.25, 0.3) is 5.91 Å². The van der Waals surface area contributed by atoms with Crippen molar-refractivity contribution in [3.63, 3.8) is 0 Å². The lowest BCUT2D eigenvalue weighted by Gasteiger charge is -2.08. The Bertz CT molecular complexity index is 937.